The molecule has 0 atom stereocenters. The third-order valence-electron chi connectivity index (χ3n) is 2.36. The molecule has 1 aromatic rings. The zero-order valence-corrected chi connectivity index (χ0v) is 11.1. The third kappa shape index (κ3) is 3.57. The van der Waals surface area contributed by atoms with Gasteiger partial charge < -0.3 is 10.8 Å². The molecule has 0 bridgehead atoms. The summed E-state index contributed by atoms with van der Waals surface area (Å²) in [4.78, 5) is 21.4. The van der Waals surface area contributed by atoms with E-state index in [1.54, 1.807) is 0 Å². The van der Waals surface area contributed by atoms with E-state index in [1.165, 1.54) is 24.3 Å². The Labute approximate surface area is 116 Å². The van der Waals surface area contributed by atoms with Crippen LogP contribution >= 0.6 is 0 Å². The van der Waals surface area contributed by atoms with E-state index >= 15 is 0 Å². The van der Waals surface area contributed by atoms with Gasteiger partial charge in [0.05, 0.1) is 11.4 Å². The second kappa shape index (κ2) is 6.18. The number of amides is 1. The van der Waals surface area contributed by atoms with Crippen LogP contribution in [0.2, 0.25) is 0 Å². The molecule has 0 aliphatic rings. The van der Waals surface area contributed by atoms with Crippen LogP contribution < -0.4 is 5.73 Å². The lowest BCUT2D eigenvalue weighted by molar-refractivity contribution is -0.137. The van der Waals surface area contributed by atoms with Crippen molar-refractivity contribution >= 4 is 21.9 Å². The highest BCUT2D eigenvalue weighted by atomic mass is 32.2. The molecule has 8 heteroatoms. The Morgan fingerprint density at radius 1 is 1.30 bits per heavy atom. The first-order valence-electron chi connectivity index (χ1n) is 5.34. The van der Waals surface area contributed by atoms with Crippen LogP contribution in [-0.4, -0.2) is 42.8 Å². The van der Waals surface area contributed by atoms with Gasteiger partial charge in [-0.1, -0.05) is 5.92 Å². The largest absolute Gasteiger partial charge is 0.480 e. The normalized spacial score (nSPS) is 11.0. The first kappa shape index (κ1) is 15.7. The number of hydrogen-bond donors (Lipinski definition) is 2. The Morgan fingerprint density at radius 3 is 2.25 bits per heavy atom. The van der Waals surface area contributed by atoms with Gasteiger partial charge in [-0.3, -0.25) is 9.59 Å². The van der Waals surface area contributed by atoms with Gasteiger partial charge >= 0.3 is 5.97 Å². The Kier molecular flexibility index (Phi) is 4.85. The van der Waals surface area contributed by atoms with Crippen LogP contribution in [0.3, 0.4) is 0 Å². The second-order valence-electron chi connectivity index (χ2n) is 3.76. The lowest BCUT2D eigenvalue weighted by Crippen LogP contribution is -2.36. The molecule has 0 saturated carbocycles. The summed E-state index contributed by atoms with van der Waals surface area (Å²) in [5.74, 6) is 0.0718. The summed E-state index contributed by atoms with van der Waals surface area (Å²) >= 11 is 0. The minimum Gasteiger partial charge on any atom is -0.480 e. The third-order valence-corrected chi connectivity index (χ3v) is 4.16. The molecule has 0 radical (unpaired) electrons. The number of primary amides is 1. The number of carboxylic acids is 1. The van der Waals surface area contributed by atoms with Gasteiger partial charge in [-0.25, -0.2) is 8.42 Å². The Morgan fingerprint density at radius 2 is 1.85 bits per heavy atom. The number of sulfonamides is 1. The molecule has 0 spiro atoms. The Bertz CT molecular complexity index is 658. The number of benzene rings is 1. The van der Waals surface area contributed by atoms with Crippen molar-refractivity contribution in [2.24, 2.45) is 5.73 Å². The van der Waals surface area contributed by atoms with Gasteiger partial charge in [-0.05, 0) is 24.3 Å². The SMILES string of the molecule is C#CCN(CC(=O)O)S(=O)(=O)c1ccc(C(N)=O)cc1. The molecule has 0 aliphatic heterocycles. The summed E-state index contributed by atoms with van der Waals surface area (Å²) in [6, 6.07) is 4.82. The van der Waals surface area contributed by atoms with Gasteiger partial charge in [0.2, 0.25) is 15.9 Å². The summed E-state index contributed by atoms with van der Waals surface area (Å²) in [5.41, 5.74) is 5.19. The van der Waals surface area contributed by atoms with Gasteiger partial charge in [0, 0.05) is 5.56 Å². The van der Waals surface area contributed by atoms with Crippen LogP contribution in [0.25, 0.3) is 0 Å². The first-order valence-corrected chi connectivity index (χ1v) is 6.78. The topological polar surface area (TPSA) is 118 Å². The number of aliphatic carboxylic acids is 1. The summed E-state index contributed by atoms with van der Waals surface area (Å²) < 4.78 is 25.0. The van der Waals surface area contributed by atoms with Gasteiger partial charge in [-0.2, -0.15) is 4.31 Å². The molecular weight excluding hydrogens is 284 g/mol. The molecule has 7 nitrogen and oxygen atoms in total. The molecule has 0 heterocycles. The van der Waals surface area contributed by atoms with Gasteiger partial charge in [0.15, 0.2) is 0 Å². The van der Waals surface area contributed by atoms with E-state index in [4.69, 9.17) is 17.3 Å². The molecule has 0 fully saturated rings. The van der Waals surface area contributed by atoms with Crippen molar-refractivity contribution in [3.05, 3.63) is 29.8 Å². The summed E-state index contributed by atoms with van der Waals surface area (Å²) in [5, 5.41) is 8.70. The average molecular weight is 296 g/mol. The number of carbonyl (C=O) groups is 2. The van der Waals surface area contributed by atoms with E-state index in [2.05, 4.69) is 5.92 Å². The van der Waals surface area contributed by atoms with Crippen molar-refractivity contribution in [1.82, 2.24) is 4.31 Å². The molecule has 0 unspecified atom stereocenters. The smallest absolute Gasteiger partial charge is 0.318 e. The number of nitrogens with two attached hydrogens (primary N) is 1. The number of carbonyl (C=O) groups excluding carboxylic acids is 1. The van der Waals surface area contributed by atoms with Gasteiger partial charge in [0.25, 0.3) is 0 Å². The van der Waals surface area contributed by atoms with E-state index < -0.39 is 28.4 Å². The minimum absolute atomic E-state index is 0.144. The van der Waals surface area contributed by atoms with Crippen LogP contribution in [0, 0.1) is 12.3 Å². The molecule has 1 rings (SSSR count). The van der Waals surface area contributed by atoms with Crippen molar-refractivity contribution in [1.29, 1.82) is 0 Å². The Hall–Kier alpha value is -2.37. The van der Waals surface area contributed by atoms with Crippen LogP contribution in [0.5, 0.6) is 0 Å². The fraction of sp³-hybridized carbons (Fsp3) is 0.167. The molecule has 106 valence electrons. The predicted molar refractivity (Wildman–Crippen MR) is 70.2 cm³/mol. The van der Waals surface area contributed by atoms with Crippen LogP contribution in [0.1, 0.15) is 10.4 Å². The first-order chi connectivity index (χ1) is 9.28. The predicted octanol–water partition coefficient (Wildman–Crippen LogP) is -0.506. The molecule has 3 N–H and O–H groups in total. The lowest BCUT2D eigenvalue weighted by Gasteiger charge is -2.17. The zero-order chi connectivity index (χ0) is 15.3. The number of rotatable bonds is 6. The highest BCUT2D eigenvalue weighted by molar-refractivity contribution is 7.89. The number of carboxylic acid groups (broad SMARTS) is 1. The highest BCUT2D eigenvalue weighted by Gasteiger charge is 2.25. The summed E-state index contributed by atoms with van der Waals surface area (Å²) in [6.07, 6.45) is 5.03. The molecule has 1 aromatic carbocycles. The molecule has 0 aliphatic carbocycles. The fourth-order valence-electron chi connectivity index (χ4n) is 1.42. The zero-order valence-electron chi connectivity index (χ0n) is 10.3. The number of hydrogen-bond acceptors (Lipinski definition) is 4. The van der Waals surface area contributed by atoms with Crippen molar-refractivity contribution in [2.45, 2.75) is 4.90 Å². The van der Waals surface area contributed by atoms with E-state index in [0.717, 1.165) is 0 Å². The maximum absolute atomic E-state index is 12.2. The Balaban J connectivity index is 3.16. The quantitative estimate of drug-likeness (QED) is 0.686. The molecular formula is C12H12N2O5S. The van der Waals surface area contributed by atoms with E-state index in [0.29, 0.717) is 4.31 Å². The average Bonchev–Trinajstić information content (AvgIpc) is 2.37. The highest BCUT2D eigenvalue weighted by Crippen LogP contribution is 2.16. The van der Waals surface area contributed by atoms with Crippen LogP contribution in [0.4, 0.5) is 0 Å². The fourth-order valence-corrected chi connectivity index (χ4v) is 2.72. The molecule has 0 saturated heterocycles. The van der Waals surface area contributed by atoms with Gasteiger partial charge in [0.1, 0.15) is 6.54 Å². The monoisotopic (exact) mass is 296 g/mol. The minimum atomic E-state index is -4.04. The molecule has 1 amide bonds. The molecule has 0 aromatic heterocycles. The second-order valence-corrected chi connectivity index (χ2v) is 5.70. The standard InChI is InChI=1S/C12H12N2O5S/c1-2-7-14(8-11(15)16)20(18,19)10-5-3-9(4-6-10)12(13)17/h1,3-6H,7-8H2,(H2,13,17)(H,15,16). The van der Waals surface area contributed by atoms with Crippen molar-refractivity contribution < 1.29 is 23.1 Å². The van der Waals surface area contributed by atoms with Crippen molar-refractivity contribution in [3.63, 3.8) is 0 Å². The maximum atomic E-state index is 12.2. The van der Waals surface area contributed by atoms with Crippen molar-refractivity contribution in [3.8, 4) is 12.3 Å². The number of nitrogens with zero attached hydrogens (tertiary/aromatic N) is 1. The van der Waals surface area contributed by atoms with Gasteiger partial charge in [-0.15, -0.1) is 6.42 Å². The number of terminal acetylenes is 1. The maximum Gasteiger partial charge on any atom is 0.318 e. The van der Waals surface area contributed by atoms with Crippen LogP contribution in [0.15, 0.2) is 29.2 Å². The van der Waals surface area contributed by atoms with E-state index in [9.17, 15) is 18.0 Å². The molecule has 20 heavy (non-hydrogen) atoms. The van der Waals surface area contributed by atoms with E-state index in [-0.39, 0.29) is 17.0 Å². The van der Waals surface area contributed by atoms with Crippen LogP contribution in [-0.2, 0) is 14.8 Å². The lowest BCUT2D eigenvalue weighted by atomic mass is 10.2. The van der Waals surface area contributed by atoms with Crippen molar-refractivity contribution in [2.75, 3.05) is 13.1 Å². The summed E-state index contributed by atoms with van der Waals surface area (Å²) in [6.45, 7) is -1.11. The summed E-state index contributed by atoms with van der Waals surface area (Å²) in [7, 11) is -4.04. The van der Waals surface area contributed by atoms with E-state index in [1.807, 2.05) is 0 Å².